The number of amides is 2. The Bertz CT molecular complexity index is 1110. The predicted molar refractivity (Wildman–Crippen MR) is 110 cm³/mol. The topological polar surface area (TPSA) is 49.9 Å². The Labute approximate surface area is 177 Å². The monoisotopic (exact) mass is 422 g/mol. The van der Waals surface area contributed by atoms with Gasteiger partial charge in [0.25, 0.3) is 5.91 Å². The van der Waals surface area contributed by atoms with Gasteiger partial charge in [-0.1, -0.05) is 41.9 Å². The van der Waals surface area contributed by atoms with Gasteiger partial charge in [0.2, 0.25) is 5.91 Å². The van der Waals surface area contributed by atoms with Crippen molar-refractivity contribution in [2.24, 2.45) is 5.92 Å². The molecule has 2 amide bonds. The molecule has 0 N–H and O–H groups in total. The van der Waals surface area contributed by atoms with Gasteiger partial charge in [0.1, 0.15) is 11.7 Å². The van der Waals surface area contributed by atoms with E-state index in [0.717, 1.165) is 16.2 Å². The van der Waals surface area contributed by atoms with Gasteiger partial charge >= 0.3 is 0 Å². The first-order chi connectivity index (χ1) is 14.5. The van der Waals surface area contributed by atoms with E-state index in [0.29, 0.717) is 10.7 Å². The van der Waals surface area contributed by atoms with Crippen molar-refractivity contribution in [2.45, 2.75) is 12.1 Å². The molecule has 2 aliphatic rings. The van der Waals surface area contributed by atoms with Crippen LogP contribution in [0.1, 0.15) is 11.6 Å². The largest absolute Gasteiger partial charge is 0.273 e. The molecule has 2 saturated heterocycles. The number of anilines is 2. The summed E-state index contributed by atoms with van der Waals surface area (Å²) in [6.45, 7) is 0. The van der Waals surface area contributed by atoms with Crippen LogP contribution < -0.4 is 9.96 Å². The standard InChI is InChI=1S/C23H16ClFN2O3/c24-15-8-6-14(7-9-15)20-19-21(30-27(20)18-4-2-1-3-5-18)23(29)26(22(19)28)17-12-10-16(25)11-13-17/h1-13,19-21H/t19-,20-,21+/m0/s1. The molecule has 3 atom stereocenters. The van der Waals surface area contributed by atoms with E-state index in [1.54, 1.807) is 17.2 Å². The zero-order valence-electron chi connectivity index (χ0n) is 15.6. The molecule has 150 valence electrons. The molecule has 0 radical (unpaired) electrons. The molecule has 5 nitrogen and oxygen atoms in total. The number of rotatable bonds is 3. The number of carbonyl (C=O) groups excluding carboxylic acids is 2. The molecule has 5 rings (SSSR count). The highest BCUT2D eigenvalue weighted by Gasteiger charge is 2.60. The highest BCUT2D eigenvalue weighted by atomic mass is 35.5. The SMILES string of the molecule is O=C1[C@@H]2[C@@H](ON(c3ccccc3)[C@H]2c2ccc(Cl)cc2)C(=O)N1c1ccc(F)cc1. The zero-order chi connectivity index (χ0) is 20.8. The molecule has 0 aliphatic carbocycles. The third-order valence-corrected chi connectivity index (χ3v) is 5.67. The summed E-state index contributed by atoms with van der Waals surface area (Å²) in [6.07, 6.45) is -0.969. The van der Waals surface area contributed by atoms with Crippen LogP contribution >= 0.6 is 11.6 Å². The van der Waals surface area contributed by atoms with Gasteiger partial charge in [-0.2, -0.15) is 0 Å². The van der Waals surface area contributed by atoms with Crippen LogP contribution in [0.5, 0.6) is 0 Å². The third kappa shape index (κ3) is 2.96. The van der Waals surface area contributed by atoms with Crippen LogP contribution in [0, 0.1) is 11.7 Å². The van der Waals surface area contributed by atoms with Crippen molar-refractivity contribution in [1.29, 1.82) is 0 Å². The van der Waals surface area contributed by atoms with E-state index >= 15 is 0 Å². The minimum atomic E-state index is -0.969. The number of carbonyl (C=O) groups is 2. The van der Waals surface area contributed by atoms with E-state index in [1.807, 2.05) is 42.5 Å². The van der Waals surface area contributed by atoms with Crippen LogP contribution in [0.4, 0.5) is 15.8 Å². The number of benzene rings is 3. The molecule has 0 unspecified atom stereocenters. The number of imide groups is 1. The Balaban J connectivity index is 1.58. The molecule has 3 aromatic carbocycles. The average Bonchev–Trinajstić information content (AvgIpc) is 3.27. The van der Waals surface area contributed by atoms with Crippen LogP contribution in [-0.4, -0.2) is 17.9 Å². The molecule has 2 fully saturated rings. The maximum Gasteiger partial charge on any atom is 0.266 e. The van der Waals surface area contributed by atoms with Crippen molar-refractivity contribution in [3.8, 4) is 0 Å². The van der Waals surface area contributed by atoms with Crippen molar-refractivity contribution in [3.05, 3.63) is 95.3 Å². The summed E-state index contributed by atoms with van der Waals surface area (Å²) in [5.74, 6) is -2.03. The van der Waals surface area contributed by atoms with Crippen LogP contribution in [0.15, 0.2) is 78.9 Å². The summed E-state index contributed by atoms with van der Waals surface area (Å²) >= 11 is 6.05. The second-order valence-electron chi connectivity index (χ2n) is 7.20. The van der Waals surface area contributed by atoms with Gasteiger partial charge in [0, 0.05) is 5.02 Å². The number of fused-ring (bicyclic) bond motifs is 1. The van der Waals surface area contributed by atoms with Crippen molar-refractivity contribution in [3.63, 3.8) is 0 Å². The Kier molecular flexibility index (Phi) is 4.53. The fourth-order valence-corrected chi connectivity index (χ4v) is 4.18. The molecular weight excluding hydrogens is 407 g/mol. The van der Waals surface area contributed by atoms with Crippen LogP contribution in [0.3, 0.4) is 0 Å². The van der Waals surface area contributed by atoms with Crippen molar-refractivity contribution < 1.29 is 18.8 Å². The Morgan fingerprint density at radius 3 is 2.13 bits per heavy atom. The van der Waals surface area contributed by atoms with E-state index in [1.165, 1.54) is 24.3 Å². The summed E-state index contributed by atoms with van der Waals surface area (Å²) in [5.41, 5.74) is 1.86. The highest BCUT2D eigenvalue weighted by Crippen LogP contribution is 2.47. The summed E-state index contributed by atoms with van der Waals surface area (Å²) in [6, 6.07) is 21.2. The van der Waals surface area contributed by atoms with E-state index < -0.39 is 29.8 Å². The minimum Gasteiger partial charge on any atom is -0.273 e. The molecule has 30 heavy (non-hydrogen) atoms. The first-order valence-electron chi connectivity index (χ1n) is 9.44. The van der Waals surface area contributed by atoms with Crippen molar-refractivity contribution >= 4 is 34.8 Å². The molecule has 3 aromatic rings. The molecule has 2 aliphatic heterocycles. The van der Waals surface area contributed by atoms with Gasteiger partial charge < -0.3 is 0 Å². The fourth-order valence-electron chi connectivity index (χ4n) is 4.06. The molecule has 0 bridgehead atoms. The summed E-state index contributed by atoms with van der Waals surface area (Å²) in [5, 5.41) is 2.19. The van der Waals surface area contributed by atoms with Crippen LogP contribution in [0.2, 0.25) is 5.02 Å². The number of para-hydroxylation sites is 1. The van der Waals surface area contributed by atoms with Crippen LogP contribution in [-0.2, 0) is 14.4 Å². The number of nitrogens with zero attached hydrogens (tertiary/aromatic N) is 2. The lowest BCUT2D eigenvalue weighted by Gasteiger charge is -2.28. The average molecular weight is 423 g/mol. The van der Waals surface area contributed by atoms with Crippen molar-refractivity contribution in [1.82, 2.24) is 0 Å². The number of hydrogen-bond donors (Lipinski definition) is 0. The molecular formula is C23H16ClFN2O3. The Morgan fingerprint density at radius 1 is 0.800 bits per heavy atom. The van der Waals surface area contributed by atoms with Crippen LogP contribution in [0.25, 0.3) is 0 Å². The molecule has 2 heterocycles. The van der Waals surface area contributed by atoms with Crippen molar-refractivity contribution in [2.75, 3.05) is 9.96 Å². The van der Waals surface area contributed by atoms with Gasteiger partial charge in [-0.3, -0.25) is 14.4 Å². The van der Waals surface area contributed by atoms with Gasteiger partial charge in [-0.15, -0.1) is 0 Å². The van der Waals surface area contributed by atoms with Gasteiger partial charge in [0.15, 0.2) is 6.10 Å². The zero-order valence-corrected chi connectivity index (χ0v) is 16.4. The lowest BCUT2D eigenvalue weighted by atomic mass is 9.90. The lowest BCUT2D eigenvalue weighted by molar-refractivity contribution is -0.126. The van der Waals surface area contributed by atoms with E-state index in [4.69, 9.17) is 16.4 Å². The molecule has 7 heteroatoms. The molecule has 0 saturated carbocycles. The first-order valence-corrected chi connectivity index (χ1v) is 9.82. The number of hydroxylamine groups is 1. The first kappa shape index (κ1) is 18.8. The smallest absolute Gasteiger partial charge is 0.266 e. The second-order valence-corrected chi connectivity index (χ2v) is 7.63. The predicted octanol–water partition coefficient (Wildman–Crippen LogP) is 4.53. The second kappa shape index (κ2) is 7.23. The normalized spacial score (nSPS) is 23.2. The lowest BCUT2D eigenvalue weighted by Crippen LogP contribution is -2.37. The maximum absolute atomic E-state index is 13.4. The van der Waals surface area contributed by atoms with E-state index in [2.05, 4.69) is 0 Å². The summed E-state index contributed by atoms with van der Waals surface area (Å²) in [4.78, 5) is 33.6. The van der Waals surface area contributed by atoms with E-state index in [9.17, 15) is 14.0 Å². The molecule has 0 aromatic heterocycles. The third-order valence-electron chi connectivity index (χ3n) is 5.42. The minimum absolute atomic E-state index is 0.325. The Morgan fingerprint density at radius 2 is 1.47 bits per heavy atom. The Hall–Kier alpha value is -3.22. The number of hydrogen-bond acceptors (Lipinski definition) is 4. The fraction of sp³-hybridized carbons (Fsp3) is 0.130. The summed E-state index contributed by atoms with van der Waals surface area (Å²) < 4.78 is 13.3. The highest BCUT2D eigenvalue weighted by molar-refractivity contribution is 6.30. The van der Waals surface area contributed by atoms with Gasteiger partial charge in [-0.25, -0.2) is 14.4 Å². The van der Waals surface area contributed by atoms with E-state index in [-0.39, 0.29) is 5.91 Å². The maximum atomic E-state index is 13.4. The molecule has 0 spiro atoms. The van der Waals surface area contributed by atoms with Gasteiger partial charge in [0.05, 0.1) is 17.4 Å². The summed E-state index contributed by atoms with van der Waals surface area (Å²) in [7, 11) is 0. The van der Waals surface area contributed by atoms with Gasteiger partial charge in [-0.05, 0) is 54.1 Å². The number of halogens is 2. The quantitative estimate of drug-likeness (QED) is 0.582.